The van der Waals surface area contributed by atoms with E-state index in [-0.39, 0.29) is 25.2 Å². The summed E-state index contributed by atoms with van der Waals surface area (Å²) in [5, 5.41) is 17.8. The van der Waals surface area contributed by atoms with E-state index in [1.807, 2.05) is 31.2 Å². The Bertz CT molecular complexity index is 219. The van der Waals surface area contributed by atoms with E-state index in [2.05, 4.69) is 0 Å². The van der Waals surface area contributed by atoms with Gasteiger partial charge in [-0.1, -0.05) is 24.3 Å². The van der Waals surface area contributed by atoms with Crippen molar-refractivity contribution in [3.63, 3.8) is 0 Å². The first kappa shape index (κ1) is 14.1. The molecule has 0 aromatic rings. The lowest BCUT2D eigenvalue weighted by Crippen LogP contribution is -2.14. The molecule has 15 heavy (non-hydrogen) atoms. The van der Waals surface area contributed by atoms with Crippen molar-refractivity contribution in [2.45, 2.75) is 38.7 Å². The Kier molecular flexibility index (Phi) is 9.02. The Morgan fingerprint density at radius 2 is 2.13 bits per heavy atom. The van der Waals surface area contributed by atoms with Gasteiger partial charge in [0, 0.05) is 19.4 Å². The third kappa shape index (κ3) is 9.38. The van der Waals surface area contributed by atoms with Gasteiger partial charge in [-0.05, 0) is 19.8 Å². The SMILES string of the molecule is C/C=C/C=C/CCC(=O)C[C@H](O)CCO. The summed E-state index contributed by atoms with van der Waals surface area (Å²) >= 11 is 0. The number of hydrogen-bond acceptors (Lipinski definition) is 3. The van der Waals surface area contributed by atoms with Gasteiger partial charge in [-0.2, -0.15) is 0 Å². The van der Waals surface area contributed by atoms with Gasteiger partial charge >= 0.3 is 0 Å². The van der Waals surface area contributed by atoms with Crippen molar-refractivity contribution in [2.24, 2.45) is 0 Å². The predicted octanol–water partition coefficient (Wildman–Crippen LogP) is 1.60. The third-order valence-corrected chi connectivity index (χ3v) is 1.96. The molecule has 3 heteroatoms. The lowest BCUT2D eigenvalue weighted by molar-refractivity contribution is -0.121. The Morgan fingerprint density at radius 3 is 2.73 bits per heavy atom. The Balaban J connectivity index is 3.57. The molecule has 0 aliphatic heterocycles. The fourth-order valence-electron chi connectivity index (χ4n) is 1.15. The lowest BCUT2D eigenvalue weighted by Gasteiger charge is -2.06. The minimum atomic E-state index is -0.693. The summed E-state index contributed by atoms with van der Waals surface area (Å²) in [5.41, 5.74) is 0. The van der Waals surface area contributed by atoms with Gasteiger partial charge in [0.25, 0.3) is 0 Å². The number of carbonyl (C=O) groups excluding carboxylic acids is 1. The van der Waals surface area contributed by atoms with E-state index in [0.717, 1.165) is 0 Å². The number of hydrogen-bond donors (Lipinski definition) is 2. The van der Waals surface area contributed by atoms with Gasteiger partial charge in [0.15, 0.2) is 0 Å². The van der Waals surface area contributed by atoms with Crippen LogP contribution in [-0.2, 0) is 4.79 Å². The van der Waals surface area contributed by atoms with Gasteiger partial charge in [0.05, 0.1) is 6.10 Å². The maximum Gasteiger partial charge on any atom is 0.135 e. The molecule has 0 amide bonds. The first-order valence-corrected chi connectivity index (χ1v) is 5.29. The zero-order chi connectivity index (χ0) is 11.5. The molecule has 0 saturated heterocycles. The van der Waals surface area contributed by atoms with E-state index < -0.39 is 6.10 Å². The van der Waals surface area contributed by atoms with Crippen molar-refractivity contribution in [1.82, 2.24) is 0 Å². The van der Waals surface area contributed by atoms with Gasteiger partial charge in [-0.15, -0.1) is 0 Å². The second-order valence-corrected chi connectivity index (χ2v) is 3.40. The highest BCUT2D eigenvalue weighted by atomic mass is 16.3. The van der Waals surface area contributed by atoms with Gasteiger partial charge in [0.2, 0.25) is 0 Å². The largest absolute Gasteiger partial charge is 0.396 e. The first-order valence-electron chi connectivity index (χ1n) is 5.29. The van der Waals surface area contributed by atoms with Crippen LogP contribution < -0.4 is 0 Å². The summed E-state index contributed by atoms with van der Waals surface area (Å²) in [6.45, 7) is 1.86. The number of rotatable bonds is 8. The fourth-order valence-corrected chi connectivity index (χ4v) is 1.15. The van der Waals surface area contributed by atoms with E-state index in [4.69, 9.17) is 5.11 Å². The summed E-state index contributed by atoms with van der Waals surface area (Å²) in [4.78, 5) is 11.3. The van der Waals surface area contributed by atoms with Crippen molar-refractivity contribution < 1.29 is 15.0 Å². The van der Waals surface area contributed by atoms with Crippen molar-refractivity contribution >= 4 is 5.78 Å². The highest BCUT2D eigenvalue weighted by Gasteiger charge is 2.08. The number of aliphatic hydroxyl groups is 2. The summed E-state index contributed by atoms with van der Waals surface area (Å²) in [5.74, 6) is 0.0427. The second kappa shape index (κ2) is 9.62. The number of aliphatic hydroxyl groups excluding tert-OH is 2. The van der Waals surface area contributed by atoms with E-state index >= 15 is 0 Å². The van der Waals surface area contributed by atoms with Crippen molar-refractivity contribution in [3.05, 3.63) is 24.3 Å². The molecule has 0 spiro atoms. The molecule has 0 radical (unpaired) electrons. The molecule has 86 valence electrons. The van der Waals surface area contributed by atoms with E-state index in [1.165, 1.54) is 0 Å². The molecule has 3 nitrogen and oxygen atoms in total. The molecule has 0 aliphatic carbocycles. The van der Waals surface area contributed by atoms with Crippen molar-refractivity contribution in [3.8, 4) is 0 Å². The minimum Gasteiger partial charge on any atom is -0.396 e. The van der Waals surface area contributed by atoms with Crippen LogP contribution in [0.5, 0.6) is 0 Å². The number of Topliss-reactive ketones (excluding diaryl/α,β-unsaturated/α-hetero) is 1. The molecule has 0 aromatic heterocycles. The van der Waals surface area contributed by atoms with Gasteiger partial charge in [-0.3, -0.25) is 4.79 Å². The van der Waals surface area contributed by atoms with E-state index in [9.17, 15) is 9.90 Å². The zero-order valence-electron chi connectivity index (χ0n) is 9.22. The Morgan fingerprint density at radius 1 is 1.40 bits per heavy atom. The van der Waals surface area contributed by atoms with Crippen LogP contribution >= 0.6 is 0 Å². The topological polar surface area (TPSA) is 57.5 Å². The predicted molar refractivity (Wildman–Crippen MR) is 60.5 cm³/mol. The summed E-state index contributed by atoms with van der Waals surface area (Å²) in [6, 6.07) is 0. The molecule has 0 bridgehead atoms. The molecule has 0 rings (SSSR count). The summed E-state index contributed by atoms with van der Waals surface area (Å²) in [6.07, 6.45) is 8.55. The van der Waals surface area contributed by atoms with E-state index in [0.29, 0.717) is 12.8 Å². The van der Waals surface area contributed by atoms with Crippen LogP contribution in [0, 0.1) is 0 Å². The van der Waals surface area contributed by atoms with Crippen LogP contribution in [-0.4, -0.2) is 28.7 Å². The highest BCUT2D eigenvalue weighted by molar-refractivity contribution is 5.78. The summed E-state index contributed by atoms with van der Waals surface area (Å²) < 4.78 is 0. The molecule has 0 fully saturated rings. The number of ketones is 1. The van der Waals surface area contributed by atoms with E-state index in [1.54, 1.807) is 0 Å². The van der Waals surface area contributed by atoms with Crippen LogP contribution in [0.25, 0.3) is 0 Å². The lowest BCUT2D eigenvalue weighted by atomic mass is 10.1. The molecule has 0 heterocycles. The normalized spacial score (nSPS) is 13.8. The molecule has 2 N–H and O–H groups in total. The first-order chi connectivity index (χ1) is 7.20. The van der Waals surface area contributed by atoms with Gasteiger partial charge in [0.1, 0.15) is 5.78 Å². The molecular weight excluding hydrogens is 192 g/mol. The second-order valence-electron chi connectivity index (χ2n) is 3.40. The summed E-state index contributed by atoms with van der Waals surface area (Å²) in [7, 11) is 0. The maximum atomic E-state index is 11.3. The average molecular weight is 212 g/mol. The number of carbonyl (C=O) groups is 1. The molecule has 0 aliphatic rings. The zero-order valence-corrected chi connectivity index (χ0v) is 9.22. The molecule has 0 aromatic carbocycles. The van der Waals surface area contributed by atoms with Crippen LogP contribution in [0.1, 0.15) is 32.6 Å². The quantitative estimate of drug-likeness (QED) is 0.601. The molecular formula is C12H20O3. The standard InChI is InChI=1S/C12H20O3/c1-2-3-4-5-6-7-11(14)10-12(15)8-9-13/h2-5,12-13,15H,6-10H2,1H3/b3-2+,5-4+/t12-/m1/s1. The smallest absolute Gasteiger partial charge is 0.135 e. The van der Waals surface area contributed by atoms with Crippen molar-refractivity contribution in [2.75, 3.05) is 6.61 Å². The van der Waals surface area contributed by atoms with Gasteiger partial charge < -0.3 is 10.2 Å². The Hall–Kier alpha value is -0.930. The van der Waals surface area contributed by atoms with Gasteiger partial charge in [-0.25, -0.2) is 0 Å². The molecule has 1 atom stereocenters. The molecule has 0 unspecified atom stereocenters. The van der Waals surface area contributed by atoms with Crippen LogP contribution in [0.3, 0.4) is 0 Å². The average Bonchev–Trinajstić information content (AvgIpc) is 2.17. The van der Waals surface area contributed by atoms with Crippen LogP contribution in [0.15, 0.2) is 24.3 Å². The maximum absolute atomic E-state index is 11.3. The number of allylic oxidation sites excluding steroid dienone is 4. The fraction of sp³-hybridized carbons (Fsp3) is 0.583. The third-order valence-electron chi connectivity index (χ3n) is 1.96. The Labute approximate surface area is 91.1 Å². The van der Waals surface area contributed by atoms with Crippen molar-refractivity contribution in [1.29, 1.82) is 0 Å². The monoisotopic (exact) mass is 212 g/mol. The molecule has 0 saturated carbocycles. The highest BCUT2D eigenvalue weighted by Crippen LogP contribution is 2.03. The minimum absolute atomic E-state index is 0.0427. The van der Waals surface area contributed by atoms with Crippen LogP contribution in [0.2, 0.25) is 0 Å². The van der Waals surface area contributed by atoms with Crippen LogP contribution in [0.4, 0.5) is 0 Å².